The maximum atomic E-state index is 8.75. The van der Waals surface area contributed by atoms with Crippen molar-refractivity contribution in [2.75, 3.05) is 11.5 Å². The highest BCUT2D eigenvalue weighted by Gasteiger charge is 2.02. The summed E-state index contributed by atoms with van der Waals surface area (Å²) in [4.78, 5) is 0. The molecule has 0 saturated carbocycles. The van der Waals surface area contributed by atoms with Gasteiger partial charge in [0.05, 0.1) is 18.0 Å². The van der Waals surface area contributed by atoms with Gasteiger partial charge in [0.2, 0.25) is 0 Å². The van der Waals surface area contributed by atoms with Gasteiger partial charge in [0.25, 0.3) is 0 Å². The van der Waals surface area contributed by atoms with Crippen molar-refractivity contribution in [2.45, 2.75) is 6.61 Å². The molecule has 11 heavy (non-hydrogen) atoms. The Hall–Kier alpha value is -0.930. The first-order valence-electron chi connectivity index (χ1n) is 3.09. The highest BCUT2D eigenvalue weighted by atomic mass is 35.5. The quantitative estimate of drug-likeness (QED) is 0.554. The molecule has 0 aliphatic rings. The molecule has 0 aromatic heterocycles. The molecule has 0 bridgehead atoms. The highest BCUT2D eigenvalue weighted by Crippen LogP contribution is 2.24. The van der Waals surface area contributed by atoms with E-state index in [1.165, 1.54) is 6.07 Å². The van der Waals surface area contributed by atoms with E-state index in [1.54, 1.807) is 6.07 Å². The number of nitrogen functional groups attached to an aromatic ring is 2. The summed E-state index contributed by atoms with van der Waals surface area (Å²) < 4.78 is 0. The van der Waals surface area contributed by atoms with Crippen molar-refractivity contribution >= 4 is 23.0 Å². The number of nitrogens with two attached hydrogens (primary N) is 2. The standard InChI is InChI=1S/C7H9ClN2O/c8-5-2-7(10)6(9)1-4(5)3-11/h1-2,11H,3,9-10H2. The van der Waals surface area contributed by atoms with Crippen LogP contribution in [0.4, 0.5) is 11.4 Å². The van der Waals surface area contributed by atoms with Crippen LogP contribution < -0.4 is 11.5 Å². The summed E-state index contributed by atoms with van der Waals surface area (Å²) in [6, 6.07) is 3.10. The van der Waals surface area contributed by atoms with E-state index in [0.717, 1.165) is 0 Å². The third-order valence-electron chi connectivity index (χ3n) is 1.42. The molecule has 0 aliphatic heterocycles. The minimum Gasteiger partial charge on any atom is -0.397 e. The van der Waals surface area contributed by atoms with Gasteiger partial charge in [-0.2, -0.15) is 0 Å². The minimum atomic E-state index is -0.122. The zero-order valence-corrected chi connectivity index (χ0v) is 6.60. The molecule has 1 rings (SSSR count). The van der Waals surface area contributed by atoms with Gasteiger partial charge in [0.1, 0.15) is 0 Å². The van der Waals surface area contributed by atoms with E-state index in [1.807, 2.05) is 0 Å². The van der Waals surface area contributed by atoms with Crippen molar-refractivity contribution in [3.63, 3.8) is 0 Å². The van der Waals surface area contributed by atoms with Gasteiger partial charge in [-0.3, -0.25) is 0 Å². The second-order valence-corrected chi connectivity index (χ2v) is 2.64. The van der Waals surface area contributed by atoms with E-state index in [-0.39, 0.29) is 6.61 Å². The summed E-state index contributed by atoms with van der Waals surface area (Å²) in [7, 11) is 0. The summed E-state index contributed by atoms with van der Waals surface area (Å²) in [6.07, 6.45) is 0. The van der Waals surface area contributed by atoms with E-state index in [4.69, 9.17) is 28.2 Å². The first kappa shape index (κ1) is 8.17. The number of hydrogen-bond donors (Lipinski definition) is 3. The molecule has 0 atom stereocenters. The molecule has 0 amide bonds. The largest absolute Gasteiger partial charge is 0.397 e. The molecule has 4 heteroatoms. The summed E-state index contributed by atoms with van der Waals surface area (Å²) >= 11 is 5.71. The maximum Gasteiger partial charge on any atom is 0.0697 e. The van der Waals surface area contributed by atoms with Crippen LogP contribution in [0, 0.1) is 0 Å². The summed E-state index contributed by atoms with van der Waals surface area (Å²) in [5, 5.41) is 9.20. The lowest BCUT2D eigenvalue weighted by Crippen LogP contribution is -1.96. The SMILES string of the molecule is Nc1cc(Cl)c(CO)cc1N. The first-order chi connectivity index (χ1) is 5.15. The molecule has 0 fully saturated rings. The molecule has 0 spiro atoms. The number of halogens is 1. The van der Waals surface area contributed by atoms with E-state index < -0.39 is 0 Å². The molecule has 1 aromatic carbocycles. The highest BCUT2D eigenvalue weighted by molar-refractivity contribution is 6.31. The molecule has 60 valence electrons. The van der Waals surface area contributed by atoms with Crippen LogP contribution in [0.3, 0.4) is 0 Å². The van der Waals surface area contributed by atoms with Gasteiger partial charge in [-0.15, -0.1) is 0 Å². The molecule has 0 heterocycles. The summed E-state index contributed by atoms with van der Waals surface area (Å²) in [5.41, 5.74) is 12.4. The van der Waals surface area contributed by atoms with E-state index >= 15 is 0 Å². The molecular weight excluding hydrogens is 164 g/mol. The van der Waals surface area contributed by atoms with Crippen LogP contribution in [0.5, 0.6) is 0 Å². The van der Waals surface area contributed by atoms with Crippen molar-refractivity contribution < 1.29 is 5.11 Å². The lowest BCUT2D eigenvalue weighted by molar-refractivity contribution is 0.282. The van der Waals surface area contributed by atoms with E-state index in [0.29, 0.717) is 22.0 Å². The Labute approximate surface area is 69.6 Å². The molecule has 0 radical (unpaired) electrons. The topological polar surface area (TPSA) is 72.3 Å². The number of aliphatic hydroxyl groups is 1. The summed E-state index contributed by atoms with van der Waals surface area (Å²) in [6.45, 7) is -0.122. The fourth-order valence-corrected chi connectivity index (χ4v) is 1.01. The Morgan fingerprint density at radius 2 is 1.82 bits per heavy atom. The fourth-order valence-electron chi connectivity index (χ4n) is 0.774. The van der Waals surface area contributed by atoms with Gasteiger partial charge in [0, 0.05) is 5.02 Å². The third kappa shape index (κ3) is 1.56. The van der Waals surface area contributed by atoms with Crippen LogP contribution in [0.1, 0.15) is 5.56 Å². The average Bonchev–Trinajstić information content (AvgIpc) is 1.97. The van der Waals surface area contributed by atoms with E-state index in [2.05, 4.69) is 0 Å². The molecule has 3 nitrogen and oxygen atoms in total. The first-order valence-corrected chi connectivity index (χ1v) is 3.47. The zero-order valence-electron chi connectivity index (χ0n) is 5.84. The van der Waals surface area contributed by atoms with Crippen LogP contribution in [-0.4, -0.2) is 5.11 Å². The van der Waals surface area contributed by atoms with Crippen LogP contribution >= 0.6 is 11.6 Å². The minimum absolute atomic E-state index is 0.122. The Balaban J connectivity index is 3.21. The van der Waals surface area contributed by atoms with Gasteiger partial charge >= 0.3 is 0 Å². The predicted molar refractivity (Wildman–Crippen MR) is 46.2 cm³/mol. The second-order valence-electron chi connectivity index (χ2n) is 2.23. The number of hydrogen-bond acceptors (Lipinski definition) is 3. The normalized spacial score (nSPS) is 10.0. The van der Waals surface area contributed by atoms with Gasteiger partial charge in [-0.25, -0.2) is 0 Å². The zero-order chi connectivity index (χ0) is 8.43. The third-order valence-corrected chi connectivity index (χ3v) is 1.77. The van der Waals surface area contributed by atoms with Gasteiger partial charge < -0.3 is 16.6 Å². The number of aliphatic hydroxyl groups excluding tert-OH is 1. The smallest absolute Gasteiger partial charge is 0.0697 e. The van der Waals surface area contributed by atoms with Crippen molar-refractivity contribution in [3.05, 3.63) is 22.7 Å². The van der Waals surface area contributed by atoms with Gasteiger partial charge in [0.15, 0.2) is 0 Å². The Morgan fingerprint density at radius 3 is 2.36 bits per heavy atom. The summed E-state index contributed by atoms with van der Waals surface area (Å²) in [5.74, 6) is 0. The molecule has 0 aliphatic carbocycles. The second kappa shape index (κ2) is 2.98. The molecular formula is C7H9ClN2O. The Bertz CT molecular complexity index is 275. The van der Waals surface area contributed by atoms with Crippen molar-refractivity contribution in [1.82, 2.24) is 0 Å². The predicted octanol–water partition coefficient (Wildman–Crippen LogP) is 0.997. The van der Waals surface area contributed by atoms with Crippen LogP contribution in [0.2, 0.25) is 5.02 Å². The van der Waals surface area contributed by atoms with Crippen LogP contribution in [0.25, 0.3) is 0 Å². The maximum absolute atomic E-state index is 8.75. The fraction of sp³-hybridized carbons (Fsp3) is 0.143. The molecule has 0 unspecified atom stereocenters. The molecule has 1 aromatic rings. The van der Waals surface area contributed by atoms with Crippen molar-refractivity contribution in [2.24, 2.45) is 0 Å². The number of rotatable bonds is 1. The van der Waals surface area contributed by atoms with Crippen LogP contribution in [-0.2, 0) is 6.61 Å². The Kier molecular flexibility index (Phi) is 2.22. The van der Waals surface area contributed by atoms with Gasteiger partial charge in [-0.05, 0) is 17.7 Å². The molecule has 0 saturated heterocycles. The lowest BCUT2D eigenvalue weighted by atomic mass is 10.2. The number of anilines is 2. The van der Waals surface area contributed by atoms with Crippen molar-refractivity contribution in [3.8, 4) is 0 Å². The monoisotopic (exact) mass is 172 g/mol. The van der Waals surface area contributed by atoms with Crippen LogP contribution in [0.15, 0.2) is 12.1 Å². The van der Waals surface area contributed by atoms with E-state index in [9.17, 15) is 0 Å². The lowest BCUT2D eigenvalue weighted by Gasteiger charge is -2.04. The van der Waals surface area contributed by atoms with Gasteiger partial charge in [-0.1, -0.05) is 11.6 Å². The van der Waals surface area contributed by atoms with Crippen molar-refractivity contribution in [1.29, 1.82) is 0 Å². The average molecular weight is 173 g/mol. The Morgan fingerprint density at radius 1 is 1.27 bits per heavy atom. The molecule has 5 N–H and O–H groups in total. The number of benzene rings is 1.